The molecule has 110 valence electrons. The summed E-state index contributed by atoms with van der Waals surface area (Å²) in [6.45, 7) is 0.370. The Morgan fingerprint density at radius 1 is 1.40 bits per heavy atom. The summed E-state index contributed by atoms with van der Waals surface area (Å²) in [6.07, 6.45) is -0.463. The zero-order valence-corrected chi connectivity index (χ0v) is 11.7. The number of nitrogens with one attached hydrogen (secondary N) is 1. The number of urea groups is 1. The highest BCUT2D eigenvalue weighted by Gasteiger charge is 2.22. The van der Waals surface area contributed by atoms with E-state index in [1.807, 2.05) is 17.5 Å². The SMILES string of the molecule is CN(Cc1cccs1)C(=O)N[C@@H](CCC(=O)O)C(=O)O. The highest BCUT2D eigenvalue weighted by atomic mass is 32.1. The Morgan fingerprint density at radius 3 is 2.60 bits per heavy atom. The first-order chi connectivity index (χ1) is 9.40. The molecule has 0 saturated heterocycles. The lowest BCUT2D eigenvalue weighted by molar-refractivity contribution is -0.140. The van der Waals surface area contributed by atoms with Crippen molar-refractivity contribution in [3.05, 3.63) is 22.4 Å². The van der Waals surface area contributed by atoms with Gasteiger partial charge >= 0.3 is 18.0 Å². The minimum absolute atomic E-state index is 0.150. The molecule has 0 spiro atoms. The summed E-state index contributed by atoms with van der Waals surface area (Å²) in [5.41, 5.74) is 0. The van der Waals surface area contributed by atoms with Crippen molar-refractivity contribution in [3.63, 3.8) is 0 Å². The van der Waals surface area contributed by atoms with E-state index in [4.69, 9.17) is 10.2 Å². The molecule has 1 aromatic rings. The summed E-state index contributed by atoms with van der Waals surface area (Å²) in [6, 6.07) is 1.98. The second-order valence-corrected chi connectivity index (χ2v) is 5.24. The average molecular weight is 300 g/mol. The van der Waals surface area contributed by atoms with Crippen LogP contribution in [-0.2, 0) is 16.1 Å². The maximum absolute atomic E-state index is 11.8. The molecule has 0 radical (unpaired) electrons. The largest absolute Gasteiger partial charge is 0.481 e. The molecule has 0 aliphatic heterocycles. The van der Waals surface area contributed by atoms with Gasteiger partial charge in [-0.05, 0) is 17.9 Å². The Labute approximate surface area is 119 Å². The molecule has 3 N–H and O–H groups in total. The summed E-state index contributed by atoms with van der Waals surface area (Å²) in [4.78, 5) is 35.6. The highest BCUT2D eigenvalue weighted by Crippen LogP contribution is 2.11. The molecule has 1 rings (SSSR count). The Bertz CT molecular complexity index is 474. The van der Waals surface area contributed by atoms with Gasteiger partial charge < -0.3 is 20.4 Å². The maximum Gasteiger partial charge on any atom is 0.326 e. The number of carbonyl (C=O) groups excluding carboxylic acids is 1. The second-order valence-electron chi connectivity index (χ2n) is 4.21. The van der Waals surface area contributed by atoms with Gasteiger partial charge in [0.1, 0.15) is 6.04 Å². The molecule has 0 saturated carbocycles. The van der Waals surface area contributed by atoms with E-state index >= 15 is 0 Å². The monoisotopic (exact) mass is 300 g/mol. The molecule has 2 amide bonds. The fourth-order valence-corrected chi connectivity index (χ4v) is 2.25. The van der Waals surface area contributed by atoms with Crippen LogP contribution in [0.1, 0.15) is 17.7 Å². The Kier molecular flexibility index (Phi) is 5.98. The van der Waals surface area contributed by atoms with E-state index < -0.39 is 24.0 Å². The number of aliphatic carboxylic acids is 2. The van der Waals surface area contributed by atoms with Crippen LogP contribution in [0.4, 0.5) is 4.79 Å². The average Bonchev–Trinajstić information content (AvgIpc) is 2.86. The smallest absolute Gasteiger partial charge is 0.326 e. The second kappa shape index (κ2) is 7.49. The van der Waals surface area contributed by atoms with Gasteiger partial charge in [0.05, 0.1) is 6.54 Å². The third-order valence-electron chi connectivity index (χ3n) is 2.56. The van der Waals surface area contributed by atoms with E-state index in [1.165, 1.54) is 16.2 Å². The zero-order valence-electron chi connectivity index (χ0n) is 10.9. The van der Waals surface area contributed by atoms with E-state index in [1.54, 1.807) is 7.05 Å². The van der Waals surface area contributed by atoms with Gasteiger partial charge in [0.2, 0.25) is 0 Å². The number of carbonyl (C=O) groups is 3. The molecule has 1 heterocycles. The van der Waals surface area contributed by atoms with Gasteiger partial charge in [0.25, 0.3) is 0 Å². The van der Waals surface area contributed by atoms with Crippen LogP contribution in [0.3, 0.4) is 0 Å². The van der Waals surface area contributed by atoms with E-state index in [0.717, 1.165) is 4.88 Å². The molecule has 0 aliphatic rings. The van der Waals surface area contributed by atoms with Crippen molar-refractivity contribution < 1.29 is 24.6 Å². The third kappa shape index (κ3) is 5.27. The molecule has 8 heteroatoms. The molecule has 1 aromatic heterocycles. The van der Waals surface area contributed by atoms with Crippen LogP contribution >= 0.6 is 11.3 Å². The number of carboxylic acid groups (broad SMARTS) is 2. The van der Waals surface area contributed by atoms with Gasteiger partial charge in [-0.1, -0.05) is 6.07 Å². The molecule has 0 bridgehead atoms. The molecule has 20 heavy (non-hydrogen) atoms. The van der Waals surface area contributed by atoms with Crippen molar-refractivity contribution >= 4 is 29.3 Å². The van der Waals surface area contributed by atoms with Gasteiger partial charge in [0, 0.05) is 18.3 Å². The first kappa shape index (κ1) is 16.0. The van der Waals surface area contributed by atoms with Gasteiger partial charge in [-0.2, -0.15) is 0 Å². The Morgan fingerprint density at radius 2 is 2.10 bits per heavy atom. The van der Waals surface area contributed by atoms with Crippen molar-refractivity contribution in [2.75, 3.05) is 7.05 Å². The normalized spacial score (nSPS) is 11.7. The predicted octanol–water partition coefficient (Wildman–Crippen LogP) is 1.21. The summed E-state index contributed by atoms with van der Waals surface area (Å²) in [7, 11) is 1.55. The predicted molar refractivity (Wildman–Crippen MR) is 72.6 cm³/mol. The first-order valence-corrected chi connectivity index (χ1v) is 6.76. The minimum atomic E-state index is -1.25. The van der Waals surface area contributed by atoms with Crippen molar-refractivity contribution in [1.29, 1.82) is 0 Å². The lowest BCUT2D eigenvalue weighted by atomic mass is 10.1. The lowest BCUT2D eigenvalue weighted by Gasteiger charge is -2.20. The summed E-state index contributed by atoms with van der Waals surface area (Å²) in [5, 5.41) is 21.7. The molecular formula is C12H16N2O5S. The van der Waals surface area contributed by atoms with Gasteiger partial charge in [-0.25, -0.2) is 9.59 Å². The number of nitrogens with zero attached hydrogens (tertiary/aromatic N) is 1. The van der Waals surface area contributed by atoms with Crippen LogP contribution in [0.25, 0.3) is 0 Å². The molecule has 0 unspecified atom stereocenters. The van der Waals surface area contributed by atoms with Crippen LogP contribution in [0.5, 0.6) is 0 Å². The molecule has 0 aliphatic carbocycles. The summed E-state index contributed by atoms with van der Waals surface area (Å²) in [5.74, 6) is -2.35. The first-order valence-electron chi connectivity index (χ1n) is 5.88. The third-order valence-corrected chi connectivity index (χ3v) is 3.42. The molecule has 0 fully saturated rings. The number of thiophene rings is 1. The topological polar surface area (TPSA) is 107 Å². The van der Waals surface area contributed by atoms with Gasteiger partial charge in [-0.15, -0.1) is 11.3 Å². The summed E-state index contributed by atoms with van der Waals surface area (Å²) >= 11 is 1.49. The van der Waals surface area contributed by atoms with Crippen LogP contribution in [0.2, 0.25) is 0 Å². The number of hydrogen-bond donors (Lipinski definition) is 3. The van der Waals surface area contributed by atoms with Crippen molar-refractivity contribution in [1.82, 2.24) is 10.2 Å². The van der Waals surface area contributed by atoms with Gasteiger partial charge in [0.15, 0.2) is 0 Å². The Balaban J connectivity index is 2.52. The van der Waals surface area contributed by atoms with E-state index in [-0.39, 0.29) is 12.8 Å². The van der Waals surface area contributed by atoms with Crippen LogP contribution in [0.15, 0.2) is 17.5 Å². The molecule has 7 nitrogen and oxygen atoms in total. The van der Waals surface area contributed by atoms with Gasteiger partial charge in [-0.3, -0.25) is 4.79 Å². The number of hydrogen-bond acceptors (Lipinski definition) is 4. The van der Waals surface area contributed by atoms with Crippen LogP contribution in [0, 0.1) is 0 Å². The number of amides is 2. The number of carboxylic acids is 2. The molecule has 1 atom stereocenters. The standard InChI is InChI=1S/C12H16N2O5S/c1-14(7-8-3-2-6-20-8)12(19)13-9(11(17)18)4-5-10(15)16/h2-3,6,9H,4-5,7H2,1H3,(H,13,19)(H,15,16)(H,17,18)/t9-/m0/s1. The summed E-state index contributed by atoms with van der Waals surface area (Å²) < 4.78 is 0. The van der Waals surface area contributed by atoms with E-state index in [9.17, 15) is 14.4 Å². The fourth-order valence-electron chi connectivity index (χ4n) is 1.49. The van der Waals surface area contributed by atoms with E-state index in [0.29, 0.717) is 6.54 Å². The molecular weight excluding hydrogens is 284 g/mol. The zero-order chi connectivity index (χ0) is 15.1. The number of rotatable bonds is 7. The lowest BCUT2D eigenvalue weighted by Crippen LogP contribution is -2.46. The van der Waals surface area contributed by atoms with Crippen molar-refractivity contribution in [2.45, 2.75) is 25.4 Å². The maximum atomic E-state index is 11.8. The fraction of sp³-hybridized carbons (Fsp3) is 0.417. The van der Waals surface area contributed by atoms with Crippen molar-refractivity contribution in [2.24, 2.45) is 0 Å². The Hall–Kier alpha value is -2.09. The van der Waals surface area contributed by atoms with E-state index in [2.05, 4.69) is 5.32 Å². The van der Waals surface area contributed by atoms with Crippen LogP contribution in [-0.4, -0.2) is 46.2 Å². The quantitative estimate of drug-likeness (QED) is 0.701. The molecule has 0 aromatic carbocycles. The highest BCUT2D eigenvalue weighted by molar-refractivity contribution is 7.09. The van der Waals surface area contributed by atoms with Crippen molar-refractivity contribution in [3.8, 4) is 0 Å². The minimum Gasteiger partial charge on any atom is -0.481 e. The van der Waals surface area contributed by atoms with Crippen LogP contribution < -0.4 is 5.32 Å².